The maximum absolute atomic E-state index is 10.2. The lowest BCUT2D eigenvalue weighted by molar-refractivity contribution is 0.00822. The van der Waals surface area contributed by atoms with Gasteiger partial charge in [-0.25, -0.2) is 0 Å². The van der Waals surface area contributed by atoms with Crippen LogP contribution in [0.4, 0.5) is 0 Å². The van der Waals surface area contributed by atoms with E-state index in [1.54, 1.807) is 0 Å². The molecule has 4 heteroatoms. The molecule has 20 heavy (non-hydrogen) atoms. The number of aliphatic hydroxyl groups is 2. The molecular weight excluding hydrogens is 268 g/mol. The van der Waals surface area contributed by atoms with Crippen LogP contribution in [0.3, 0.4) is 0 Å². The summed E-state index contributed by atoms with van der Waals surface area (Å²) in [7, 11) is -1.65. The van der Waals surface area contributed by atoms with E-state index in [9.17, 15) is 5.11 Å². The van der Waals surface area contributed by atoms with E-state index in [0.29, 0.717) is 12.3 Å². The second kappa shape index (κ2) is 9.93. The lowest BCUT2D eigenvalue weighted by atomic mass is 9.90. The summed E-state index contributed by atoms with van der Waals surface area (Å²) in [4.78, 5) is 0. The third kappa shape index (κ3) is 6.25. The minimum Gasteiger partial charge on any atom is -0.414 e. The predicted molar refractivity (Wildman–Crippen MR) is 88.4 cm³/mol. The Morgan fingerprint density at radius 1 is 1.00 bits per heavy atom. The van der Waals surface area contributed by atoms with Crippen molar-refractivity contribution in [3.63, 3.8) is 0 Å². The average molecular weight is 305 g/mol. The van der Waals surface area contributed by atoms with E-state index in [1.165, 1.54) is 0 Å². The maximum Gasteiger partial charge on any atom is 0.192 e. The molecule has 0 fully saturated rings. The van der Waals surface area contributed by atoms with Crippen LogP contribution in [0.2, 0.25) is 18.1 Å². The maximum atomic E-state index is 10.2. The van der Waals surface area contributed by atoms with E-state index in [1.807, 2.05) is 0 Å². The summed E-state index contributed by atoms with van der Waals surface area (Å²) in [5.41, 5.74) is 0. The van der Waals surface area contributed by atoms with Crippen molar-refractivity contribution >= 4 is 8.32 Å². The molecule has 3 nitrogen and oxygen atoms in total. The standard InChI is InChI=1S/C16H36O3Si/c1-7-20(8-2,9-3)19-16(12-13(4)5)14(6)15(18)10-11-17/h13-18H,7-12H2,1-6H3/t14-,15+,16+/m0/s1. The first kappa shape index (κ1) is 20.1. The number of aliphatic hydroxyl groups excluding tert-OH is 2. The zero-order valence-corrected chi connectivity index (χ0v) is 15.4. The highest BCUT2D eigenvalue weighted by atomic mass is 28.4. The van der Waals surface area contributed by atoms with Gasteiger partial charge in [0.25, 0.3) is 0 Å². The Morgan fingerprint density at radius 3 is 1.85 bits per heavy atom. The number of hydrogen-bond acceptors (Lipinski definition) is 3. The summed E-state index contributed by atoms with van der Waals surface area (Å²) in [5, 5.41) is 19.2. The third-order valence-electron chi connectivity index (χ3n) is 4.66. The molecule has 0 bridgehead atoms. The zero-order chi connectivity index (χ0) is 15.8. The van der Waals surface area contributed by atoms with Crippen molar-refractivity contribution in [1.82, 2.24) is 0 Å². The highest BCUT2D eigenvalue weighted by Crippen LogP contribution is 2.30. The van der Waals surface area contributed by atoms with Gasteiger partial charge in [-0.2, -0.15) is 0 Å². The fraction of sp³-hybridized carbons (Fsp3) is 1.00. The van der Waals surface area contributed by atoms with Gasteiger partial charge in [0.2, 0.25) is 0 Å². The van der Waals surface area contributed by atoms with Crippen molar-refractivity contribution in [2.75, 3.05) is 6.61 Å². The molecule has 0 aromatic heterocycles. The lowest BCUT2D eigenvalue weighted by Crippen LogP contribution is -2.45. The van der Waals surface area contributed by atoms with Crippen LogP contribution in [-0.2, 0) is 4.43 Å². The smallest absolute Gasteiger partial charge is 0.192 e. The second-order valence-corrected chi connectivity index (χ2v) is 11.2. The molecule has 0 aliphatic carbocycles. The summed E-state index contributed by atoms with van der Waals surface area (Å²) in [6.45, 7) is 13.2. The Bertz CT molecular complexity index is 234. The molecule has 122 valence electrons. The van der Waals surface area contributed by atoms with Crippen molar-refractivity contribution in [1.29, 1.82) is 0 Å². The van der Waals surface area contributed by atoms with Crippen LogP contribution in [0.1, 0.15) is 54.4 Å². The zero-order valence-electron chi connectivity index (χ0n) is 14.4. The van der Waals surface area contributed by atoms with Gasteiger partial charge < -0.3 is 14.6 Å². The van der Waals surface area contributed by atoms with Crippen molar-refractivity contribution < 1.29 is 14.6 Å². The molecule has 0 aromatic rings. The Labute approximate surface area is 126 Å². The van der Waals surface area contributed by atoms with E-state index >= 15 is 0 Å². The Hall–Kier alpha value is 0.0969. The third-order valence-corrected chi connectivity index (χ3v) is 9.33. The van der Waals surface area contributed by atoms with E-state index in [4.69, 9.17) is 9.53 Å². The van der Waals surface area contributed by atoms with Gasteiger partial charge in [-0.05, 0) is 36.9 Å². The van der Waals surface area contributed by atoms with Gasteiger partial charge in [-0.15, -0.1) is 0 Å². The molecule has 0 heterocycles. The van der Waals surface area contributed by atoms with E-state index in [2.05, 4.69) is 41.5 Å². The molecule has 0 unspecified atom stereocenters. The van der Waals surface area contributed by atoms with Gasteiger partial charge in [-0.3, -0.25) is 0 Å². The summed E-state index contributed by atoms with van der Waals surface area (Å²) in [6, 6.07) is 3.41. The normalized spacial score (nSPS) is 17.2. The fourth-order valence-electron chi connectivity index (χ4n) is 2.80. The molecule has 0 aliphatic rings. The molecule has 0 radical (unpaired) electrons. The summed E-state index contributed by atoms with van der Waals surface area (Å²) in [5.74, 6) is 0.641. The lowest BCUT2D eigenvalue weighted by Gasteiger charge is -2.38. The number of rotatable bonds is 11. The van der Waals surface area contributed by atoms with Crippen molar-refractivity contribution in [3.05, 3.63) is 0 Å². The van der Waals surface area contributed by atoms with Crippen LogP contribution in [0.25, 0.3) is 0 Å². The minimum atomic E-state index is -1.65. The molecule has 0 amide bonds. The first-order valence-corrected chi connectivity index (χ1v) is 10.8. The van der Waals surface area contributed by atoms with Gasteiger partial charge in [0.1, 0.15) is 0 Å². The molecule has 0 saturated carbocycles. The van der Waals surface area contributed by atoms with Crippen LogP contribution < -0.4 is 0 Å². The van der Waals surface area contributed by atoms with Gasteiger partial charge >= 0.3 is 0 Å². The number of hydrogen-bond donors (Lipinski definition) is 2. The molecule has 0 aromatic carbocycles. The fourth-order valence-corrected chi connectivity index (χ4v) is 5.75. The summed E-state index contributed by atoms with van der Waals surface area (Å²) < 4.78 is 6.62. The van der Waals surface area contributed by atoms with Crippen LogP contribution in [0.5, 0.6) is 0 Å². The molecule has 0 rings (SSSR count). The van der Waals surface area contributed by atoms with E-state index in [-0.39, 0.29) is 18.6 Å². The van der Waals surface area contributed by atoms with Gasteiger partial charge in [0.05, 0.1) is 12.2 Å². The topological polar surface area (TPSA) is 49.7 Å². The average Bonchev–Trinajstić information content (AvgIpc) is 2.42. The van der Waals surface area contributed by atoms with Crippen molar-refractivity contribution in [2.24, 2.45) is 11.8 Å². The Balaban J connectivity index is 4.95. The first-order valence-electron chi connectivity index (χ1n) is 8.32. The Morgan fingerprint density at radius 2 is 1.50 bits per heavy atom. The van der Waals surface area contributed by atoms with Crippen LogP contribution in [0, 0.1) is 11.8 Å². The second-order valence-electron chi connectivity index (χ2n) is 6.47. The van der Waals surface area contributed by atoms with E-state index < -0.39 is 14.4 Å². The largest absolute Gasteiger partial charge is 0.414 e. The molecule has 0 aliphatic heterocycles. The van der Waals surface area contributed by atoms with E-state index in [0.717, 1.165) is 24.6 Å². The monoisotopic (exact) mass is 304 g/mol. The van der Waals surface area contributed by atoms with Gasteiger partial charge in [0, 0.05) is 12.5 Å². The van der Waals surface area contributed by atoms with Crippen molar-refractivity contribution in [3.8, 4) is 0 Å². The molecule has 2 N–H and O–H groups in total. The van der Waals surface area contributed by atoms with Crippen LogP contribution >= 0.6 is 0 Å². The minimum absolute atomic E-state index is 0.0395. The SMILES string of the molecule is CC[Si](CC)(CC)O[C@H](CC(C)C)[C@@H](C)[C@H](O)CCO. The van der Waals surface area contributed by atoms with Crippen molar-refractivity contribution in [2.45, 2.75) is 84.7 Å². The molecular formula is C16H36O3Si. The predicted octanol–water partition coefficient (Wildman–Crippen LogP) is 3.80. The van der Waals surface area contributed by atoms with Gasteiger partial charge in [0.15, 0.2) is 8.32 Å². The molecule has 3 atom stereocenters. The Kier molecular flexibility index (Phi) is 9.98. The van der Waals surface area contributed by atoms with Crippen LogP contribution in [0.15, 0.2) is 0 Å². The quantitative estimate of drug-likeness (QED) is 0.571. The highest BCUT2D eigenvalue weighted by molar-refractivity contribution is 6.73. The highest BCUT2D eigenvalue weighted by Gasteiger charge is 2.35. The molecule has 0 saturated heterocycles. The summed E-state index contributed by atoms with van der Waals surface area (Å²) in [6.07, 6.45) is 1.07. The van der Waals surface area contributed by atoms with Gasteiger partial charge in [-0.1, -0.05) is 41.5 Å². The first-order chi connectivity index (χ1) is 9.35. The van der Waals surface area contributed by atoms with Crippen LogP contribution in [-0.4, -0.2) is 37.3 Å². The molecule has 0 spiro atoms. The summed E-state index contributed by atoms with van der Waals surface area (Å²) >= 11 is 0.